The summed E-state index contributed by atoms with van der Waals surface area (Å²) in [7, 11) is 1.26. The number of ether oxygens (including phenoxy) is 2. The van der Waals surface area contributed by atoms with Crippen LogP contribution in [0.5, 0.6) is 0 Å². The zero-order chi connectivity index (χ0) is 18.8. The lowest BCUT2D eigenvalue weighted by atomic mass is 9.99. The molecule has 0 fully saturated rings. The van der Waals surface area contributed by atoms with Gasteiger partial charge in [0.05, 0.1) is 7.11 Å². The number of hydrogen-bond acceptors (Lipinski definition) is 5. The van der Waals surface area contributed by atoms with E-state index in [0.717, 1.165) is 10.0 Å². The molecule has 0 aliphatic carbocycles. The summed E-state index contributed by atoms with van der Waals surface area (Å²) in [4.78, 5) is 35.3. The molecule has 0 spiro atoms. The molecule has 136 valence electrons. The molecule has 1 N–H and O–H groups in total. The van der Waals surface area contributed by atoms with Crippen LogP contribution in [0, 0.1) is 5.92 Å². The highest BCUT2D eigenvalue weighted by Gasteiger charge is 2.26. The Morgan fingerprint density at radius 2 is 1.96 bits per heavy atom. The Morgan fingerprint density at radius 1 is 1.28 bits per heavy atom. The molecule has 0 saturated carbocycles. The summed E-state index contributed by atoms with van der Waals surface area (Å²) < 4.78 is 10.4. The number of halogens is 1. The molecular formula is C18H22BrNO5. The fourth-order valence-corrected chi connectivity index (χ4v) is 2.38. The van der Waals surface area contributed by atoms with E-state index in [1.54, 1.807) is 6.08 Å². The lowest BCUT2D eigenvalue weighted by molar-refractivity contribution is -0.148. The van der Waals surface area contributed by atoms with Crippen molar-refractivity contribution in [2.75, 3.05) is 13.7 Å². The Morgan fingerprint density at radius 3 is 2.56 bits per heavy atom. The van der Waals surface area contributed by atoms with Crippen LogP contribution in [0.1, 0.15) is 25.8 Å². The van der Waals surface area contributed by atoms with Crippen molar-refractivity contribution in [3.63, 3.8) is 0 Å². The number of hydrogen-bond donors (Lipinski definition) is 1. The number of rotatable bonds is 8. The van der Waals surface area contributed by atoms with Crippen LogP contribution in [0.2, 0.25) is 0 Å². The number of esters is 2. The van der Waals surface area contributed by atoms with Gasteiger partial charge in [0.25, 0.3) is 5.91 Å². The van der Waals surface area contributed by atoms with Gasteiger partial charge in [0.1, 0.15) is 6.04 Å². The lowest BCUT2D eigenvalue weighted by Gasteiger charge is -2.21. The molecule has 0 saturated heterocycles. The maximum Gasteiger partial charge on any atom is 0.331 e. The highest BCUT2D eigenvalue weighted by Crippen LogP contribution is 2.17. The first-order valence-corrected chi connectivity index (χ1v) is 8.64. The first kappa shape index (κ1) is 20.9. The molecule has 0 aliphatic heterocycles. The Hall–Kier alpha value is -2.15. The van der Waals surface area contributed by atoms with Gasteiger partial charge in [-0.15, -0.1) is 0 Å². The van der Waals surface area contributed by atoms with Gasteiger partial charge in [0.15, 0.2) is 6.61 Å². The molecule has 7 heteroatoms. The van der Waals surface area contributed by atoms with Crippen molar-refractivity contribution in [3.8, 4) is 0 Å². The minimum atomic E-state index is -0.767. The van der Waals surface area contributed by atoms with Crippen LogP contribution in [-0.2, 0) is 23.9 Å². The zero-order valence-corrected chi connectivity index (χ0v) is 16.0. The van der Waals surface area contributed by atoms with Crippen LogP contribution >= 0.6 is 15.9 Å². The average molecular weight is 412 g/mol. The largest absolute Gasteiger partial charge is 0.467 e. The Balaban J connectivity index is 2.53. The van der Waals surface area contributed by atoms with Crippen molar-refractivity contribution >= 4 is 39.9 Å². The second-order valence-corrected chi connectivity index (χ2v) is 6.27. The molecule has 0 radical (unpaired) electrons. The third-order valence-electron chi connectivity index (χ3n) is 3.63. The normalized spacial score (nSPS) is 13.1. The summed E-state index contributed by atoms with van der Waals surface area (Å²) in [5.41, 5.74) is 0.812. The third kappa shape index (κ3) is 7.09. The standard InChI is InChI=1S/C18H22BrNO5/c1-4-12(2)17(18(23)24-3)20-15(21)11-25-16(22)10-9-13-7-5-6-8-14(13)19/h5-10,12,17H,4,11H2,1-3H3,(H,20,21)/b10-9+/t12-,17-/m1/s1. The number of amides is 1. The molecule has 0 aromatic heterocycles. The zero-order valence-electron chi connectivity index (χ0n) is 14.5. The molecule has 2 atom stereocenters. The van der Waals surface area contributed by atoms with Gasteiger partial charge in [-0.3, -0.25) is 4.79 Å². The number of benzene rings is 1. The van der Waals surface area contributed by atoms with Gasteiger partial charge < -0.3 is 14.8 Å². The summed E-state index contributed by atoms with van der Waals surface area (Å²) >= 11 is 3.37. The lowest BCUT2D eigenvalue weighted by Crippen LogP contribution is -2.47. The van der Waals surface area contributed by atoms with Crippen molar-refractivity contribution in [2.24, 2.45) is 5.92 Å². The fraction of sp³-hybridized carbons (Fsp3) is 0.389. The summed E-state index contributed by atoms with van der Waals surface area (Å²) in [6.07, 6.45) is 3.51. The molecule has 6 nitrogen and oxygen atoms in total. The molecule has 1 rings (SSSR count). The van der Waals surface area contributed by atoms with E-state index in [2.05, 4.69) is 26.0 Å². The van der Waals surface area contributed by atoms with E-state index in [-0.39, 0.29) is 5.92 Å². The van der Waals surface area contributed by atoms with Crippen LogP contribution in [-0.4, -0.2) is 37.6 Å². The van der Waals surface area contributed by atoms with Crippen molar-refractivity contribution in [2.45, 2.75) is 26.3 Å². The molecule has 0 heterocycles. The van der Waals surface area contributed by atoms with Gasteiger partial charge in [-0.2, -0.15) is 0 Å². The van der Waals surface area contributed by atoms with Gasteiger partial charge in [0.2, 0.25) is 0 Å². The van der Waals surface area contributed by atoms with Gasteiger partial charge in [0, 0.05) is 10.5 Å². The Labute approximate surface area is 155 Å². The summed E-state index contributed by atoms with van der Waals surface area (Å²) in [6, 6.07) is 6.61. The SMILES string of the molecule is CC[C@@H](C)[C@@H](NC(=O)COC(=O)/C=C/c1ccccc1Br)C(=O)OC. The highest BCUT2D eigenvalue weighted by molar-refractivity contribution is 9.10. The molecule has 1 amide bonds. The van der Waals surface area contributed by atoms with E-state index < -0.39 is 30.5 Å². The van der Waals surface area contributed by atoms with Gasteiger partial charge in [-0.25, -0.2) is 9.59 Å². The number of carbonyl (C=O) groups is 3. The van der Waals surface area contributed by atoms with Crippen LogP contribution in [0.3, 0.4) is 0 Å². The summed E-state index contributed by atoms with van der Waals surface area (Å²) in [6.45, 7) is 3.26. The first-order valence-electron chi connectivity index (χ1n) is 7.85. The quantitative estimate of drug-likeness (QED) is 0.525. The number of nitrogens with one attached hydrogen (secondary N) is 1. The predicted molar refractivity (Wildman–Crippen MR) is 97.5 cm³/mol. The van der Waals surface area contributed by atoms with E-state index in [1.807, 2.05) is 38.1 Å². The number of carbonyl (C=O) groups excluding carboxylic acids is 3. The summed E-state index contributed by atoms with van der Waals surface area (Å²) in [5.74, 6) is -1.83. The monoisotopic (exact) mass is 411 g/mol. The van der Waals surface area contributed by atoms with E-state index in [1.165, 1.54) is 13.2 Å². The number of methoxy groups -OCH3 is 1. The molecule has 0 bridgehead atoms. The molecule has 25 heavy (non-hydrogen) atoms. The molecule has 0 aliphatic rings. The predicted octanol–water partition coefficient (Wildman–Crippen LogP) is 2.71. The molecule has 1 aromatic rings. The minimum absolute atomic E-state index is 0.0950. The van der Waals surface area contributed by atoms with Crippen LogP contribution < -0.4 is 5.32 Å². The van der Waals surface area contributed by atoms with E-state index in [4.69, 9.17) is 4.74 Å². The first-order chi connectivity index (χ1) is 11.9. The van der Waals surface area contributed by atoms with Crippen LogP contribution in [0.4, 0.5) is 0 Å². The second kappa shape index (κ2) is 10.7. The average Bonchev–Trinajstić information content (AvgIpc) is 2.62. The smallest absolute Gasteiger partial charge is 0.331 e. The van der Waals surface area contributed by atoms with Crippen molar-refractivity contribution in [1.29, 1.82) is 0 Å². The summed E-state index contributed by atoms with van der Waals surface area (Å²) in [5, 5.41) is 2.53. The van der Waals surface area contributed by atoms with Gasteiger partial charge in [-0.1, -0.05) is 54.4 Å². The molecular weight excluding hydrogens is 390 g/mol. The van der Waals surface area contributed by atoms with Crippen LogP contribution in [0.25, 0.3) is 6.08 Å². The van der Waals surface area contributed by atoms with E-state index in [0.29, 0.717) is 6.42 Å². The van der Waals surface area contributed by atoms with Crippen molar-refractivity contribution < 1.29 is 23.9 Å². The minimum Gasteiger partial charge on any atom is -0.467 e. The maximum absolute atomic E-state index is 11.9. The van der Waals surface area contributed by atoms with Crippen molar-refractivity contribution in [3.05, 3.63) is 40.4 Å². The Bertz CT molecular complexity index is 644. The fourth-order valence-electron chi connectivity index (χ4n) is 1.96. The second-order valence-electron chi connectivity index (χ2n) is 5.42. The van der Waals surface area contributed by atoms with Crippen LogP contribution in [0.15, 0.2) is 34.8 Å². The van der Waals surface area contributed by atoms with Gasteiger partial charge in [-0.05, 0) is 23.6 Å². The highest BCUT2D eigenvalue weighted by atomic mass is 79.9. The van der Waals surface area contributed by atoms with Crippen molar-refractivity contribution in [1.82, 2.24) is 5.32 Å². The molecule has 1 aromatic carbocycles. The third-order valence-corrected chi connectivity index (χ3v) is 4.36. The topological polar surface area (TPSA) is 81.7 Å². The molecule has 0 unspecified atom stereocenters. The Kier molecular flexibility index (Phi) is 8.91. The maximum atomic E-state index is 11.9. The van der Waals surface area contributed by atoms with Gasteiger partial charge >= 0.3 is 11.9 Å². The van der Waals surface area contributed by atoms with E-state index in [9.17, 15) is 14.4 Å². The van der Waals surface area contributed by atoms with E-state index >= 15 is 0 Å².